The lowest BCUT2D eigenvalue weighted by atomic mass is 9.99. The molecule has 2 aromatic rings. The highest BCUT2D eigenvalue weighted by Crippen LogP contribution is 2.27. The van der Waals surface area contributed by atoms with Crippen molar-refractivity contribution in [2.24, 2.45) is 0 Å². The number of morpholine rings is 1. The van der Waals surface area contributed by atoms with E-state index in [2.05, 4.69) is 47.6 Å². The van der Waals surface area contributed by atoms with E-state index < -0.39 is 0 Å². The van der Waals surface area contributed by atoms with E-state index in [0.717, 1.165) is 24.1 Å². The van der Waals surface area contributed by atoms with Crippen LogP contribution in [-0.2, 0) is 17.7 Å². The molecule has 0 radical (unpaired) electrons. The zero-order valence-corrected chi connectivity index (χ0v) is 15.9. The number of rotatable bonds is 3. The summed E-state index contributed by atoms with van der Waals surface area (Å²) in [7, 11) is 2.14. The van der Waals surface area contributed by atoms with Gasteiger partial charge in [0.05, 0.1) is 13.2 Å². The zero-order chi connectivity index (χ0) is 18.6. The molecule has 0 unspecified atom stereocenters. The maximum absolute atomic E-state index is 12.6. The molecule has 2 aromatic carbocycles. The number of hydrogen-bond acceptors (Lipinski definition) is 3. The smallest absolute Gasteiger partial charge is 0.317 e. The third-order valence-electron chi connectivity index (χ3n) is 5.46. The number of nitrogens with one attached hydrogen (secondary N) is 1. The van der Waals surface area contributed by atoms with Crippen molar-refractivity contribution in [2.75, 3.05) is 38.2 Å². The number of amides is 2. The van der Waals surface area contributed by atoms with Gasteiger partial charge in [-0.15, -0.1) is 0 Å². The van der Waals surface area contributed by atoms with E-state index in [0.29, 0.717) is 26.2 Å². The predicted octanol–water partition coefficient (Wildman–Crippen LogP) is 3.35. The first-order chi connectivity index (χ1) is 13.2. The summed E-state index contributed by atoms with van der Waals surface area (Å²) in [6.45, 7) is 3.46. The summed E-state index contributed by atoms with van der Waals surface area (Å²) in [5.41, 5.74) is 4.97. The lowest BCUT2D eigenvalue weighted by Crippen LogP contribution is -2.46. The van der Waals surface area contributed by atoms with Gasteiger partial charge in [0.25, 0.3) is 0 Å². The lowest BCUT2D eigenvalue weighted by Gasteiger charge is -2.33. The Hall–Kier alpha value is -2.53. The van der Waals surface area contributed by atoms with Crippen LogP contribution in [0, 0.1) is 0 Å². The molecular weight excluding hydrogens is 338 g/mol. The average Bonchev–Trinajstić information content (AvgIpc) is 2.73. The predicted molar refractivity (Wildman–Crippen MR) is 107 cm³/mol. The van der Waals surface area contributed by atoms with Crippen LogP contribution in [-0.4, -0.2) is 44.2 Å². The minimum Gasteiger partial charge on any atom is -0.374 e. The monoisotopic (exact) mass is 365 g/mol. The number of ether oxygens (including phenoxy) is 1. The number of carbonyl (C=O) groups excluding carboxylic acids is 1. The molecule has 5 heteroatoms. The van der Waals surface area contributed by atoms with Crippen LogP contribution < -0.4 is 10.2 Å². The summed E-state index contributed by atoms with van der Waals surface area (Å²) in [6.07, 6.45) is 2.25. The summed E-state index contributed by atoms with van der Waals surface area (Å²) < 4.78 is 5.85. The van der Waals surface area contributed by atoms with Crippen LogP contribution in [0.5, 0.6) is 0 Å². The fourth-order valence-electron chi connectivity index (χ4n) is 3.94. The number of carbonyl (C=O) groups is 1. The summed E-state index contributed by atoms with van der Waals surface area (Å²) in [5.74, 6) is 0. The van der Waals surface area contributed by atoms with Crippen LogP contribution in [0.2, 0.25) is 0 Å². The van der Waals surface area contributed by atoms with Crippen LogP contribution in [0.25, 0.3) is 0 Å². The first-order valence-electron chi connectivity index (χ1n) is 9.73. The van der Waals surface area contributed by atoms with Crippen molar-refractivity contribution in [3.05, 3.63) is 65.2 Å². The van der Waals surface area contributed by atoms with Crippen molar-refractivity contribution < 1.29 is 9.53 Å². The van der Waals surface area contributed by atoms with Gasteiger partial charge in [-0.2, -0.15) is 0 Å². The fraction of sp³-hybridized carbons (Fsp3) is 0.409. The highest BCUT2D eigenvalue weighted by molar-refractivity contribution is 5.74. The van der Waals surface area contributed by atoms with E-state index >= 15 is 0 Å². The second kappa shape index (κ2) is 8.01. The van der Waals surface area contributed by atoms with Crippen molar-refractivity contribution in [3.8, 4) is 0 Å². The maximum Gasteiger partial charge on any atom is 0.317 e. The summed E-state index contributed by atoms with van der Waals surface area (Å²) in [4.78, 5) is 16.8. The molecule has 1 N–H and O–H groups in total. The molecule has 2 amide bonds. The molecule has 5 nitrogen and oxygen atoms in total. The molecular formula is C22H27N3O2. The standard InChI is InChI=1S/C22H27N3O2/c1-24-11-5-8-19-14-17(9-10-20(19)24)15-23-22(26)25-12-13-27-21(16-25)18-6-3-2-4-7-18/h2-4,6-7,9-10,14,21H,5,8,11-13,15-16H2,1H3,(H,23,26)/t21-/m1/s1. The van der Waals surface area contributed by atoms with Gasteiger partial charge in [-0.1, -0.05) is 42.5 Å². The molecule has 0 saturated carbocycles. The molecule has 142 valence electrons. The van der Waals surface area contributed by atoms with Gasteiger partial charge in [0, 0.05) is 32.4 Å². The van der Waals surface area contributed by atoms with Crippen molar-refractivity contribution in [3.63, 3.8) is 0 Å². The highest BCUT2D eigenvalue weighted by Gasteiger charge is 2.25. The molecule has 0 bridgehead atoms. The quantitative estimate of drug-likeness (QED) is 0.907. The molecule has 0 aromatic heterocycles. The maximum atomic E-state index is 12.6. The van der Waals surface area contributed by atoms with Crippen LogP contribution in [0.15, 0.2) is 48.5 Å². The van der Waals surface area contributed by atoms with E-state index in [1.807, 2.05) is 23.1 Å². The number of anilines is 1. The minimum atomic E-state index is -0.0509. The molecule has 1 atom stereocenters. The number of benzene rings is 2. The van der Waals surface area contributed by atoms with Gasteiger partial charge in [-0.05, 0) is 35.6 Å². The van der Waals surface area contributed by atoms with Crippen molar-refractivity contribution >= 4 is 11.7 Å². The zero-order valence-electron chi connectivity index (χ0n) is 15.9. The van der Waals surface area contributed by atoms with Gasteiger partial charge in [0.2, 0.25) is 0 Å². The molecule has 1 saturated heterocycles. The Labute approximate surface area is 160 Å². The van der Waals surface area contributed by atoms with Crippen molar-refractivity contribution in [2.45, 2.75) is 25.5 Å². The highest BCUT2D eigenvalue weighted by atomic mass is 16.5. The fourth-order valence-corrected chi connectivity index (χ4v) is 3.94. The average molecular weight is 365 g/mol. The molecule has 2 heterocycles. The Morgan fingerprint density at radius 2 is 2.04 bits per heavy atom. The van der Waals surface area contributed by atoms with Gasteiger partial charge in [-0.3, -0.25) is 0 Å². The molecule has 0 aliphatic carbocycles. The first kappa shape index (κ1) is 17.9. The Kier molecular flexibility index (Phi) is 5.30. The van der Waals surface area contributed by atoms with Crippen LogP contribution in [0.4, 0.5) is 10.5 Å². The van der Waals surface area contributed by atoms with Crippen molar-refractivity contribution in [1.29, 1.82) is 0 Å². The Balaban J connectivity index is 1.35. The molecule has 2 aliphatic heterocycles. The Bertz CT molecular complexity index is 793. The van der Waals surface area contributed by atoms with Crippen LogP contribution in [0.1, 0.15) is 29.2 Å². The van der Waals surface area contributed by atoms with Crippen LogP contribution in [0.3, 0.4) is 0 Å². The van der Waals surface area contributed by atoms with E-state index in [9.17, 15) is 4.79 Å². The Morgan fingerprint density at radius 1 is 1.19 bits per heavy atom. The largest absolute Gasteiger partial charge is 0.374 e. The molecule has 27 heavy (non-hydrogen) atoms. The second-order valence-corrected chi connectivity index (χ2v) is 7.36. The molecule has 0 spiro atoms. The van der Waals surface area contributed by atoms with Gasteiger partial charge in [0.15, 0.2) is 0 Å². The van der Waals surface area contributed by atoms with E-state index in [1.165, 1.54) is 17.7 Å². The lowest BCUT2D eigenvalue weighted by molar-refractivity contribution is -0.0154. The SMILES string of the molecule is CN1CCCc2cc(CNC(=O)N3CCO[C@@H](c4ccccc4)C3)ccc21. The molecule has 2 aliphatic rings. The van der Waals surface area contributed by atoms with Gasteiger partial charge in [0.1, 0.15) is 6.10 Å². The second-order valence-electron chi connectivity index (χ2n) is 7.36. The Morgan fingerprint density at radius 3 is 2.89 bits per heavy atom. The molecule has 4 rings (SSSR count). The minimum absolute atomic E-state index is 0.0194. The van der Waals surface area contributed by atoms with Crippen molar-refractivity contribution in [1.82, 2.24) is 10.2 Å². The number of urea groups is 1. The normalized spacial score (nSPS) is 19.5. The van der Waals surface area contributed by atoms with E-state index in [1.54, 1.807) is 0 Å². The summed E-state index contributed by atoms with van der Waals surface area (Å²) in [6, 6.07) is 16.6. The third-order valence-corrected chi connectivity index (χ3v) is 5.46. The summed E-state index contributed by atoms with van der Waals surface area (Å²) >= 11 is 0. The topological polar surface area (TPSA) is 44.8 Å². The summed E-state index contributed by atoms with van der Waals surface area (Å²) in [5, 5.41) is 3.08. The van der Waals surface area contributed by atoms with E-state index in [-0.39, 0.29) is 12.1 Å². The number of aryl methyl sites for hydroxylation is 1. The van der Waals surface area contributed by atoms with Gasteiger partial charge < -0.3 is 19.9 Å². The first-order valence-corrected chi connectivity index (χ1v) is 9.73. The third kappa shape index (κ3) is 4.08. The number of nitrogens with zero attached hydrogens (tertiary/aromatic N) is 2. The number of hydrogen-bond donors (Lipinski definition) is 1. The van der Waals surface area contributed by atoms with Gasteiger partial charge >= 0.3 is 6.03 Å². The number of fused-ring (bicyclic) bond motifs is 1. The molecule has 1 fully saturated rings. The van der Waals surface area contributed by atoms with Crippen LogP contribution >= 0.6 is 0 Å². The van der Waals surface area contributed by atoms with Gasteiger partial charge in [-0.25, -0.2) is 4.79 Å². The van der Waals surface area contributed by atoms with E-state index in [4.69, 9.17) is 4.74 Å².